The molecule has 1 spiro atoms. The number of fused-ring (bicyclic) bond motifs is 3. The van der Waals surface area contributed by atoms with E-state index in [2.05, 4.69) is 9.97 Å². The number of imidazole rings is 1. The first-order chi connectivity index (χ1) is 15.0. The van der Waals surface area contributed by atoms with Crippen molar-refractivity contribution >= 4 is 23.5 Å². The van der Waals surface area contributed by atoms with E-state index in [1.165, 1.54) is 12.3 Å². The van der Waals surface area contributed by atoms with Gasteiger partial charge in [-0.25, -0.2) is 19.2 Å². The van der Waals surface area contributed by atoms with Gasteiger partial charge in [-0.3, -0.25) is 9.69 Å². The van der Waals surface area contributed by atoms with Crippen LogP contribution in [0.25, 0.3) is 5.65 Å². The van der Waals surface area contributed by atoms with E-state index in [0.717, 1.165) is 0 Å². The molecule has 0 aromatic carbocycles. The Kier molecular flexibility index (Phi) is 3.74. The highest BCUT2D eigenvalue weighted by Crippen LogP contribution is 2.41. The molecule has 3 aromatic heterocycles. The van der Waals surface area contributed by atoms with Gasteiger partial charge in [-0.05, 0) is 24.3 Å². The molecule has 0 bridgehead atoms. The van der Waals surface area contributed by atoms with Crippen molar-refractivity contribution < 1.29 is 18.7 Å². The Morgan fingerprint density at radius 1 is 1.19 bits per heavy atom. The number of hydrogen-bond donors (Lipinski definition) is 0. The summed E-state index contributed by atoms with van der Waals surface area (Å²) in [4.78, 5) is 39.5. The van der Waals surface area contributed by atoms with E-state index >= 15 is 0 Å². The first-order valence-electron chi connectivity index (χ1n) is 10.1. The van der Waals surface area contributed by atoms with Gasteiger partial charge in [-0.1, -0.05) is 6.07 Å². The van der Waals surface area contributed by atoms with Crippen LogP contribution in [0.1, 0.15) is 10.5 Å². The summed E-state index contributed by atoms with van der Waals surface area (Å²) in [6.45, 7) is 2.13. The van der Waals surface area contributed by atoms with Crippen LogP contribution < -0.4 is 4.90 Å². The predicted molar refractivity (Wildman–Crippen MR) is 107 cm³/mol. The maximum absolute atomic E-state index is 13.2. The summed E-state index contributed by atoms with van der Waals surface area (Å²) < 4.78 is 20.8. The van der Waals surface area contributed by atoms with Gasteiger partial charge in [0.05, 0.1) is 25.3 Å². The smallest absolute Gasteiger partial charge is 0.411 e. The largest absolute Gasteiger partial charge is 0.437 e. The summed E-state index contributed by atoms with van der Waals surface area (Å²) in [5.74, 6) is 0.0787. The average Bonchev–Trinajstić information content (AvgIpc) is 3.32. The zero-order chi connectivity index (χ0) is 21.2. The van der Waals surface area contributed by atoms with E-state index in [9.17, 15) is 14.0 Å². The van der Waals surface area contributed by atoms with Crippen LogP contribution in [0.15, 0.2) is 48.9 Å². The van der Waals surface area contributed by atoms with Gasteiger partial charge in [0.1, 0.15) is 23.0 Å². The Morgan fingerprint density at radius 2 is 2.06 bits per heavy atom. The summed E-state index contributed by atoms with van der Waals surface area (Å²) in [6.07, 6.45) is 4.39. The molecule has 0 saturated carbocycles. The molecule has 2 amide bonds. The maximum Gasteiger partial charge on any atom is 0.411 e. The molecule has 0 radical (unpaired) electrons. The van der Waals surface area contributed by atoms with Gasteiger partial charge in [-0.15, -0.1) is 0 Å². The fourth-order valence-electron chi connectivity index (χ4n) is 4.73. The molecule has 0 aliphatic carbocycles. The molecule has 1 atom stereocenters. The third kappa shape index (κ3) is 2.74. The molecular weight excluding hydrogens is 403 g/mol. The average molecular weight is 422 g/mol. The summed E-state index contributed by atoms with van der Waals surface area (Å²) in [7, 11) is 0. The number of ether oxygens (including phenoxy) is 1. The van der Waals surface area contributed by atoms with Crippen LogP contribution in [-0.2, 0) is 4.74 Å². The monoisotopic (exact) mass is 422 g/mol. The molecule has 3 aliphatic heterocycles. The lowest BCUT2D eigenvalue weighted by atomic mass is 9.84. The van der Waals surface area contributed by atoms with Gasteiger partial charge < -0.3 is 18.9 Å². The maximum atomic E-state index is 13.2. The molecule has 6 rings (SSSR count). The summed E-state index contributed by atoms with van der Waals surface area (Å²) >= 11 is 0. The van der Waals surface area contributed by atoms with Gasteiger partial charge in [-0.2, -0.15) is 0 Å². The molecule has 3 saturated heterocycles. The lowest BCUT2D eigenvalue weighted by molar-refractivity contribution is -0.00677. The number of halogens is 1. The molecule has 158 valence electrons. The Balaban J connectivity index is 1.21. The second-order valence-electron chi connectivity index (χ2n) is 8.18. The molecule has 10 heteroatoms. The minimum absolute atomic E-state index is 0.158. The zero-order valence-electron chi connectivity index (χ0n) is 16.5. The van der Waals surface area contributed by atoms with Crippen LogP contribution in [0.2, 0.25) is 0 Å². The minimum Gasteiger partial charge on any atom is -0.437 e. The molecule has 3 aromatic rings. The summed E-state index contributed by atoms with van der Waals surface area (Å²) in [5, 5.41) is 0. The van der Waals surface area contributed by atoms with Crippen LogP contribution in [0.4, 0.5) is 15.0 Å². The molecular formula is C21H19FN6O3. The van der Waals surface area contributed by atoms with Gasteiger partial charge in [0.25, 0.3) is 5.91 Å². The third-order valence-corrected chi connectivity index (χ3v) is 6.34. The van der Waals surface area contributed by atoms with Crippen LogP contribution in [-0.4, -0.2) is 80.5 Å². The number of piperazine rings is 1. The Labute approximate surface area is 176 Å². The van der Waals surface area contributed by atoms with Gasteiger partial charge >= 0.3 is 6.09 Å². The quantitative estimate of drug-likeness (QED) is 0.621. The van der Waals surface area contributed by atoms with E-state index in [0.29, 0.717) is 49.9 Å². The molecule has 1 unspecified atom stereocenters. The number of nitrogens with zero attached hydrogens (tertiary/aromatic N) is 6. The van der Waals surface area contributed by atoms with E-state index in [-0.39, 0.29) is 18.0 Å². The number of aromatic nitrogens is 3. The second kappa shape index (κ2) is 6.40. The minimum atomic E-state index is -0.703. The van der Waals surface area contributed by atoms with Gasteiger partial charge in [0.2, 0.25) is 0 Å². The lowest BCUT2D eigenvalue weighted by Gasteiger charge is -2.51. The van der Waals surface area contributed by atoms with Crippen molar-refractivity contribution in [2.45, 2.75) is 11.6 Å². The highest BCUT2D eigenvalue weighted by atomic mass is 19.1. The third-order valence-electron chi connectivity index (χ3n) is 6.34. The normalized spacial score (nSPS) is 21.9. The fourth-order valence-corrected chi connectivity index (χ4v) is 4.73. The Bertz CT molecular complexity index is 1160. The first-order valence-corrected chi connectivity index (χ1v) is 10.1. The lowest BCUT2D eigenvalue weighted by Crippen LogP contribution is -2.71. The van der Waals surface area contributed by atoms with E-state index in [1.54, 1.807) is 22.1 Å². The van der Waals surface area contributed by atoms with Crippen molar-refractivity contribution in [2.75, 3.05) is 37.6 Å². The first kappa shape index (κ1) is 18.1. The topological polar surface area (TPSA) is 83.3 Å². The van der Waals surface area contributed by atoms with Crippen molar-refractivity contribution in [1.82, 2.24) is 24.2 Å². The highest BCUT2D eigenvalue weighted by molar-refractivity contribution is 5.93. The van der Waals surface area contributed by atoms with Crippen molar-refractivity contribution in [3.8, 4) is 0 Å². The Hall–Kier alpha value is -3.69. The van der Waals surface area contributed by atoms with Crippen LogP contribution in [0.5, 0.6) is 0 Å². The van der Waals surface area contributed by atoms with Gasteiger partial charge in [0, 0.05) is 32.0 Å². The van der Waals surface area contributed by atoms with E-state index < -0.39 is 11.4 Å². The zero-order valence-corrected chi connectivity index (χ0v) is 16.5. The molecule has 9 nitrogen and oxygen atoms in total. The van der Waals surface area contributed by atoms with Crippen molar-refractivity contribution in [2.24, 2.45) is 0 Å². The van der Waals surface area contributed by atoms with Crippen LogP contribution in [0.3, 0.4) is 0 Å². The van der Waals surface area contributed by atoms with Gasteiger partial charge in [0.15, 0.2) is 5.60 Å². The molecule has 3 aliphatic rings. The summed E-state index contributed by atoms with van der Waals surface area (Å²) in [6, 6.07) is 8.32. The summed E-state index contributed by atoms with van der Waals surface area (Å²) in [5.41, 5.74) is 0.386. The standard InChI is InChI=1S/C21H19FN6O3/c22-14-4-5-17(23-9-14)27-12-21(13-27)16-11-26(7-8-28(16)20(30)31-21)19(29)15-10-25-6-2-1-3-18(25)24-15/h1-6,9-10,16H,7-8,11-13H2. The SMILES string of the molecule is O=C(c1cn2ccccc2n1)N1CCN2C(=O)OC3(CN(c4ccc(F)cn4)C3)C2C1. The molecule has 3 fully saturated rings. The number of amides is 2. The number of pyridine rings is 2. The number of rotatable bonds is 2. The van der Waals surface area contributed by atoms with Crippen molar-refractivity contribution in [3.63, 3.8) is 0 Å². The molecule has 31 heavy (non-hydrogen) atoms. The second-order valence-corrected chi connectivity index (χ2v) is 8.18. The fraction of sp³-hybridized carbons (Fsp3) is 0.333. The Morgan fingerprint density at radius 3 is 2.84 bits per heavy atom. The number of carbonyl (C=O) groups excluding carboxylic acids is 2. The van der Waals surface area contributed by atoms with Crippen molar-refractivity contribution in [1.29, 1.82) is 0 Å². The van der Waals surface area contributed by atoms with Crippen LogP contribution >= 0.6 is 0 Å². The van der Waals surface area contributed by atoms with Crippen LogP contribution in [0, 0.1) is 5.82 Å². The molecule has 6 heterocycles. The van der Waals surface area contributed by atoms with E-state index in [4.69, 9.17) is 4.74 Å². The highest BCUT2D eigenvalue weighted by Gasteiger charge is 2.62. The number of hydrogen-bond acceptors (Lipinski definition) is 6. The number of anilines is 1. The van der Waals surface area contributed by atoms with Crippen molar-refractivity contribution in [3.05, 3.63) is 60.4 Å². The molecule has 0 N–H and O–H groups in total. The predicted octanol–water partition coefficient (Wildman–Crippen LogP) is 1.40. The van der Waals surface area contributed by atoms with E-state index in [1.807, 2.05) is 33.7 Å². The number of carbonyl (C=O) groups is 2.